The molecule has 5 nitrogen and oxygen atoms in total. The Bertz CT molecular complexity index is 745. The number of pyridine rings is 1. The molecule has 2 aromatic heterocycles. The number of fused-ring (bicyclic) bond motifs is 1. The molecule has 0 spiro atoms. The SMILES string of the molecule is Cc1nsc(N2CCC3CCN(c4ccc(C(F)(F)F)cn4)CC32)n1. The van der Waals surface area contributed by atoms with E-state index in [1.165, 1.54) is 17.6 Å². The Morgan fingerprint density at radius 2 is 2.00 bits per heavy atom. The summed E-state index contributed by atoms with van der Waals surface area (Å²) in [6.45, 7) is 4.41. The summed E-state index contributed by atoms with van der Waals surface area (Å²) >= 11 is 1.41. The van der Waals surface area contributed by atoms with Gasteiger partial charge in [-0.1, -0.05) is 0 Å². The highest BCUT2D eigenvalue weighted by atomic mass is 32.1. The molecule has 0 aromatic carbocycles. The van der Waals surface area contributed by atoms with Gasteiger partial charge < -0.3 is 9.80 Å². The normalized spacial score (nSPS) is 23.8. The molecular weight excluding hydrogens is 351 g/mol. The quantitative estimate of drug-likeness (QED) is 0.812. The lowest BCUT2D eigenvalue weighted by atomic mass is 9.92. The maximum absolute atomic E-state index is 12.7. The summed E-state index contributed by atoms with van der Waals surface area (Å²) in [6.07, 6.45) is -1.29. The minimum Gasteiger partial charge on any atom is -0.355 e. The first-order chi connectivity index (χ1) is 11.9. The molecule has 2 fully saturated rings. The van der Waals surface area contributed by atoms with Crippen molar-refractivity contribution in [3.8, 4) is 0 Å². The third kappa shape index (κ3) is 3.17. The zero-order chi connectivity index (χ0) is 17.6. The van der Waals surface area contributed by atoms with Crippen molar-refractivity contribution in [2.45, 2.75) is 32.0 Å². The highest BCUT2D eigenvalue weighted by Gasteiger charge is 2.40. The van der Waals surface area contributed by atoms with E-state index in [-0.39, 0.29) is 0 Å². The van der Waals surface area contributed by atoms with Gasteiger partial charge in [-0.05, 0) is 37.8 Å². The summed E-state index contributed by atoms with van der Waals surface area (Å²) in [5.41, 5.74) is -0.710. The number of hydrogen-bond donors (Lipinski definition) is 0. The lowest BCUT2D eigenvalue weighted by Crippen LogP contribution is -2.48. The Morgan fingerprint density at radius 1 is 1.20 bits per heavy atom. The van der Waals surface area contributed by atoms with Crippen molar-refractivity contribution in [1.82, 2.24) is 14.3 Å². The Balaban J connectivity index is 1.52. The molecule has 0 amide bonds. The smallest absolute Gasteiger partial charge is 0.355 e. The summed E-state index contributed by atoms with van der Waals surface area (Å²) in [5, 5.41) is 0.937. The van der Waals surface area contributed by atoms with Gasteiger partial charge in [-0.2, -0.15) is 17.5 Å². The fraction of sp³-hybridized carbons (Fsp3) is 0.562. The average Bonchev–Trinajstić information content (AvgIpc) is 3.19. The topological polar surface area (TPSA) is 45.2 Å². The fourth-order valence-electron chi connectivity index (χ4n) is 3.73. The largest absolute Gasteiger partial charge is 0.417 e. The number of aromatic nitrogens is 3. The highest BCUT2D eigenvalue weighted by molar-refractivity contribution is 7.09. The first kappa shape index (κ1) is 16.6. The van der Waals surface area contributed by atoms with Crippen LogP contribution in [0.4, 0.5) is 24.1 Å². The predicted octanol–water partition coefficient (Wildman–Crippen LogP) is 3.37. The second kappa shape index (κ2) is 6.12. The Kier molecular flexibility index (Phi) is 4.05. The standard InChI is InChI=1S/C16H18F3N5S/c1-10-21-15(25-22-10)24-7-5-11-4-6-23(9-13(11)24)14-3-2-12(8-20-14)16(17,18)19/h2-3,8,11,13H,4-7,9H2,1H3. The molecule has 2 aromatic rings. The van der Waals surface area contributed by atoms with Crippen LogP contribution in [0.3, 0.4) is 0 Å². The van der Waals surface area contributed by atoms with Crippen molar-refractivity contribution in [3.05, 3.63) is 29.7 Å². The predicted molar refractivity (Wildman–Crippen MR) is 90.0 cm³/mol. The lowest BCUT2D eigenvalue weighted by Gasteiger charge is -2.38. The number of aryl methyl sites for hydroxylation is 1. The minimum atomic E-state index is -4.35. The third-order valence-electron chi connectivity index (χ3n) is 5.02. The Morgan fingerprint density at radius 3 is 2.64 bits per heavy atom. The summed E-state index contributed by atoms with van der Waals surface area (Å²) < 4.78 is 42.4. The van der Waals surface area contributed by atoms with Crippen molar-refractivity contribution in [2.24, 2.45) is 5.92 Å². The van der Waals surface area contributed by atoms with Gasteiger partial charge >= 0.3 is 6.18 Å². The summed E-state index contributed by atoms with van der Waals surface area (Å²) in [4.78, 5) is 12.9. The number of piperidine rings is 1. The van der Waals surface area contributed by atoms with Gasteiger partial charge in [0.1, 0.15) is 11.6 Å². The molecule has 0 aliphatic carbocycles. The van der Waals surface area contributed by atoms with E-state index in [0.717, 1.165) is 55.7 Å². The number of rotatable bonds is 2. The van der Waals surface area contributed by atoms with Gasteiger partial charge in [-0.3, -0.25) is 0 Å². The van der Waals surface area contributed by atoms with Gasteiger partial charge in [-0.25, -0.2) is 9.97 Å². The van der Waals surface area contributed by atoms with Crippen molar-refractivity contribution in [1.29, 1.82) is 0 Å². The van der Waals surface area contributed by atoms with E-state index in [0.29, 0.717) is 17.8 Å². The molecule has 0 saturated carbocycles. The van der Waals surface area contributed by atoms with E-state index in [1.54, 1.807) is 0 Å². The molecule has 2 atom stereocenters. The number of halogens is 3. The fourth-order valence-corrected chi connectivity index (χ4v) is 4.49. The van der Waals surface area contributed by atoms with Crippen LogP contribution < -0.4 is 9.80 Å². The first-order valence-electron chi connectivity index (χ1n) is 8.27. The van der Waals surface area contributed by atoms with Crippen LogP contribution in [0.25, 0.3) is 0 Å². The van der Waals surface area contributed by atoms with E-state index in [1.807, 2.05) is 6.92 Å². The van der Waals surface area contributed by atoms with E-state index in [2.05, 4.69) is 24.1 Å². The molecule has 0 N–H and O–H groups in total. The van der Waals surface area contributed by atoms with E-state index >= 15 is 0 Å². The molecule has 4 rings (SSSR count). The molecule has 2 saturated heterocycles. The highest BCUT2D eigenvalue weighted by Crippen LogP contribution is 2.37. The number of alkyl halides is 3. The summed E-state index contributed by atoms with van der Waals surface area (Å²) in [6, 6.07) is 2.89. The first-order valence-corrected chi connectivity index (χ1v) is 9.04. The molecule has 134 valence electrons. The summed E-state index contributed by atoms with van der Waals surface area (Å²) in [5.74, 6) is 1.97. The van der Waals surface area contributed by atoms with Gasteiger partial charge in [0, 0.05) is 37.4 Å². The Labute approximate surface area is 147 Å². The van der Waals surface area contributed by atoms with Gasteiger partial charge in [0.2, 0.25) is 5.13 Å². The maximum Gasteiger partial charge on any atom is 0.417 e. The van der Waals surface area contributed by atoms with Crippen molar-refractivity contribution in [3.63, 3.8) is 0 Å². The van der Waals surface area contributed by atoms with Gasteiger partial charge in [-0.15, -0.1) is 0 Å². The zero-order valence-electron chi connectivity index (χ0n) is 13.7. The molecule has 0 radical (unpaired) electrons. The number of anilines is 2. The molecule has 25 heavy (non-hydrogen) atoms. The van der Waals surface area contributed by atoms with E-state index in [4.69, 9.17) is 0 Å². The van der Waals surface area contributed by atoms with Crippen LogP contribution in [0.15, 0.2) is 18.3 Å². The van der Waals surface area contributed by atoms with Crippen LogP contribution in [0.1, 0.15) is 24.2 Å². The monoisotopic (exact) mass is 369 g/mol. The van der Waals surface area contributed by atoms with Crippen molar-refractivity contribution < 1.29 is 13.2 Å². The van der Waals surface area contributed by atoms with Gasteiger partial charge in [0.15, 0.2) is 0 Å². The van der Waals surface area contributed by atoms with Crippen LogP contribution in [-0.2, 0) is 6.18 Å². The number of hydrogen-bond acceptors (Lipinski definition) is 6. The van der Waals surface area contributed by atoms with E-state index in [9.17, 15) is 13.2 Å². The van der Waals surface area contributed by atoms with E-state index < -0.39 is 11.7 Å². The molecular formula is C16H18F3N5S. The second-order valence-electron chi connectivity index (χ2n) is 6.57. The lowest BCUT2D eigenvalue weighted by molar-refractivity contribution is -0.137. The van der Waals surface area contributed by atoms with Gasteiger partial charge in [0.05, 0.1) is 11.6 Å². The summed E-state index contributed by atoms with van der Waals surface area (Å²) in [7, 11) is 0. The van der Waals surface area contributed by atoms with Crippen molar-refractivity contribution in [2.75, 3.05) is 29.4 Å². The molecule has 0 bridgehead atoms. The molecule has 2 unspecified atom stereocenters. The van der Waals surface area contributed by atoms with Crippen molar-refractivity contribution >= 4 is 22.5 Å². The average molecular weight is 369 g/mol. The van der Waals surface area contributed by atoms with Crippen LogP contribution in [0.5, 0.6) is 0 Å². The van der Waals surface area contributed by atoms with Crippen LogP contribution in [0, 0.1) is 12.8 Å². The van der Waals surface area contributed by atoms with Crippen LogP contribution >= 0.6 is 11.5 Å². The maximum atomic E-state index is 12.7. The number of nitrogens with zero attached hydrogens (tertiary/aromatic N) is 5. The molecule has 9 heteroatoms. The Hall–Kier alpha value is -1.90. The zero-order valence-corrected chi connectivity index (χ0v) is 14.5. The third-order valence-corrected chi connectivity index (χ3v) is 5.87. The second-order valence-corrected chi connectivity index (χ2v) is 7.30. The van der Waals surface area contributed by atoms with Gasteiger partial charge in [0.25, 0.3) is 0 Å². The minimum absolute atomic E-state index is 0.310. The van der Waals surface area contributed by atoms with Crippen LogP contribution in [-0.4, -0.2) is 40.0 Å². The molecule has 2 aliphatic heterocycles. The molecule has 4 heterocycles. The molecule has 2 aliphatic rings. The van der Waals surface area contributed by atoms with Crippen LogP contribution in [0.2, 0.25) is 0 Å².